The summed E-state index contributed by atoms with van der Waals surface area (Å²) in [5.41, 5.74) is -1.10. The van der Waals surface area contributed by atoms with Crippen LogP contribution in [0.5, 0.6) is 0 Å². The van der Waals surface area contributed by atoms with Crippen molar-refractivity contribution in [2.24, 2.45) is 5.41 Å². The van der Waals surface area contributed by atoms with Crippen LogP contribution < -0.4 is 0 Å². The summed E-state index contributed by atoms with van der Waals surface area (Å²) in [5, 5.41) is 9.04. The van der Waals surface area contributed by atoms with Crippen molar-refractivity contribution in [1.29, 1.82) is 5.26 Å². The molecule has 1 rings (SSSR count). The fourth-order valence-corrected chi connectivity index (χ4v) is 1.86. The van der Waals surface area contributed by atoms with Crippen molar-refractivity contribution in [3.05, 3.63) is 0 Å². The first-order valence-electron chi connectivity index (χ1n) is 5.27. The van der Waals surface area contributed by atoms with Crippen LogP contribution >= 0.6 is 11.6 Å². The first kappa shape index (κ1) is 13.1. The molecule has 16 heavy (non-hydrogen) atoms. The molecule has 0 N–H and O–H groups in total. The van der Waals surface area contributed by atoms with Gasteiger partial charge in [0.15, 0.2) is 0 Å². The van der Waals surface area contributed by atoms with Gasteiger partial charge >= 0.3 is 6.09 Å². The highest BCUT2D eigenvalue weighted by atomic mass is 35.5. The van der Waals surface area contributed by atoms with Crippen LogP contribution in [0, 0.1) is 16.7 Å². The highest BCUT2D eigenvalue weighted by Crippen LogP contribution is 2.31. The van der Waals surface area contributed by atoms with Gasteiger partial charge < -0.3 is 9.64 Å². The zero-order valence-electron chi connectivity index (χ0n) is 9.92. The Hall–Kier alpha value is -0.950. The molecule has 90 valence electrons. The molecule has 1 saturated heterocycles. The van der Waals surface area contributed by atoms with Crippen LogP contribution in [0.15, 0.2) is 0 Å². The van der Waals surface area contributed by atoms with Gasteiger partial charge in [-0.05, 0) is 27.2 Å². The van der Waals surface area contributed by atoms with E-state index in [1.165, 1.54) is 0 Å². The van der Waals surface area contributed by atoms with Crippen molar-refractivity contribution in [2.45, 2.75) is 32.8 Å². The lowest BCUT2D eigenvalue weighted by Gasteiger charge is -2.25. The minimum absolute atomic E-state index is 0.253. The molecule has 1 atom stereocenters. The second-order valence-electron chi connectivity index (χ2n) is 5.18. The predicted octanol–water partition coefficient (Wildman–Crippen LogP) is 2.38. The molecule has 1 heterocycles. The van der Waals surface area contributed by atoms with E-state index in [9.17, 15) is 4.79 Å². The van der Waals surface area contributed by atoms with Crippen molar-refractivity contribution >= 4 is 17.7 Å². The molecule has 0 aromatic carbocycles. The summed E-state index contributed by atoms with van der Waals surface area (Å²) in [4.78, 5) is 13.3. The van der Waals surface area contributed by atoms with Gasteiger partial charge in [0.25, 0.3) is 0 Å². The summed E-state index contributed by atoms with van der Waals surface area (Å²) in [6.07, 6.45) is 0.251. The number of rotatable bonds is 1. The summed E-state index contributed by atoms with van der Waals surface area (Å²) in [6, 6.07) is 2.19. The van der Waals surface area contributed by atoms with E-state index in [4.69, 9.17) is 21.6 Å². The van der Waals surface area contributed by atoms with Gasteiger partial charge in [0, 0.05) is 19.0 Å². The van der Waals surface area contributed by atoms with Gasteiger partial charge in [0.2, 0.25) is 0 Å². The number of amides is 1. The second kappa shape index (κ2) is 4.50. The summed E-state index contributed by atoms with van der Waals surface area (Å²) in [5.74, 6) is 0.253. The Kier molecular flexibility index (Phi) is 3.69. The van der Waals surface area contributed by atoms with Gasteiger partial charge in [-0.3, -0.25) is 0 Å². The number of hydrogen-bond donors (Lipinski definition) is 0. The second-order valence-corrected chi connectivity index (χ2v) is 5.44. The average molecular weight is 245 g/mol. The Morgan fingerprint density at radius 2 is 2.25 bits per heavy atom. The van der Waals surface area contributed by atoms with Crippen LogP contribution in [0.3, 0.4) is 0 Å². The number of ether oxygens (including phenoxy) is 1. The first-order valence-corrected chi connectivity index (χ1v) is 5.80. The number of nitrogens with zero attached hydrogens (tertiary/aromatic N) is 2. The lowest BCUT2D eigenvalue weighted by molar-refractivity contribution is 0.0283. The van der Waals surface area contributed by atoms with Crippen molar-refractivity contribution < 1.29 is 9.53 Å². The molecule has 1 aliphatic rings. The Labute approximate surface area is 101 Å². The van der Waals surface area contributed by atoms with E-state index in [1.54, 1.807) is 4.90 Å². The van der Waals surface area contributed by atoms with E-state index in [-0.39, 0.29) is 12.0 Å². The zero-order chi connectivity index (χ0) is 12.4. The molecule has 1 fully saturated rings. The van der Waals surface area contributed by atoms with Gasteiger partial charge in [-0.25, -0.2) is 4.79 Å². The maximum atomic E-state index is 11.7. The van der Waals surface area contributed by atoms with Crippen LogP contribution in [0.2, 0.25) is 0 Å². The fourth-order valence-electron chi connectivity index (χ4n) is 1.58. The molecule has 0 bridgehead atoms. The molecule has 1 unspecified atom stereocenters. The summed E-state index contributed by atoms with van der Waals surface area (Å²) in [7, 11) is 0. The van der Waals surface area contributed by atoms with Crippen molar-refractivity contribution in [2.75, 3.05) is 19.0 Å². The lowest BCUT2D eigenvalue weighted by Crippen LogP contribution is -2.37. The molecule has 4 nitrogen and oxygen atoms in total. The van der Waals surface area contributed by atoms with Crippen LogP contribution in [0.4, 0.5) is 4.79 Å². The molecule has 0 spiro atoms. The number of hydrogen-bond acceptors (Lipinski definition) is 3. The number of halogens is 1. The molecular formula is C11H17ClN2O2. The number of nitriles is 1. The maximum absolute atomic E-state index is 11.7. The third kappa shape index (κ3) is 3.02. The molecule has 0 aromatic heterocycles. The highest BCUT2D eigenvalue weighted by Gasteiger charge is 2.41. The standard InChI is InChI=1S/C11H17ClN2O2/c1-10(2,3)16-9(15)14-5-4-11(6-12,7-13)8-14/h4-6,8H2,1-3H3. The topological polar surface area (TPSA) is 53.3 Å². The molecule has 0 aromatic rings. The van der Waals surface area contributed by atoms with Gasteiger partial charge in [0.1, 0.15) is 5.60 Å². The molecule has 0 saturated carbocycles. The highest BCUT2D eigenvalue weighted by molar-refractivity contribution is 6.18. The Morgan fingerprint density at radius 1 is 1.62 bits per heavy atom. The van der Waals surface area contributed by atoms with Crippen LogP contribution in [0.1, 0.15) is 27.2 Å². The fraction of sp³-hybridized carbons (Fsp3) is 0.818. The van der Waals surface area contributed by atoms with Gasteiger partial charge in [-0.1, -0.05) is 0 Å². The van der Waals surface area contributed by atoms with E-state index in [0.29, 0.717) is 19.5 Å². The number of carbonyl (C=O) groups is 1. The normalized spacial score (nSPS) is 25.3. The molecule has 0 aliphatic carbocycles. The van der Waals surface area contributed by atoms with Crippen molar-refractivity contribution in [1.82, 2.24) is 4.90 Å². The first-order chi connectivity index (χ1) is 7.32. The zero-order valence-corrected chi connectivity index (χ0v) is 10.7. The smallest absolute Gasteiger partial charge is 0.410 e. The van der Waals surface area contributed by atoms with Crippen LogP contribution in [-0.2, 0) is 4.74 Å². The van der Waals surface area contributed by atoms with Crippen molar-refractivity contribution in [3.8, 4) is 6.07 Å². The van der Waals surface area contributed by atoms with E-state index >= 15 is 0 Å². The monoisotopic (exact) mass is 244 g/mol. The Morgan fingerprint density at radius 3 is 2.62 bits per heavy atom. The molecule has 1 amide bonds. The molecular weight excluding hydrogens is 228 g/mol. The number of likely N-dealkylation sites (tertiary alicyclic amines) is 1. The number of alkyl halides is 1. The van der Waals surface area contributed by atoms with Gasteiger partial charge in [-0.2, -0.15) is 5.26 Å². The van der Waals surface area contributed by atoms with E-state index in [2.05, 4.69) is 6.07 Å². The predicted molar refractivity (Wildman–Crippen MR) is 61.2 cm³/mol. The average Bonchev–Trinajstić information content (AvgIpc) is 2.60. The summed E-state index contributed by atoms with van der Waals surface area (Å²) in [6.45, 7) is 6.36. The lowest BCUT2D eigenvalue weighted by atomic mass is 9.92. The van der Waals surface area contributed by atoms with E-state index in [1.807, 2.05) is 20.8 Å². The SMILES string of the molecule is CC(C)(C)OC(=O)N1CCC(C#N)(CCl)C1. The van der Waals surface area contributed by atoms with Gasteiger partial charge in [-0.15, -0.1) is 11.6 Å². The van der Waals surface area contributed by atoms with E-state index in [0.717, 1.165) is 0 Å². The Balaban J connectivity index is 2.60. The van der Waals surface area contributed by atoms with Gasteiger partial charge in [0.05, 0.1) is 11.5 Å². The molecule has 0 radical (unpaired) electrons. The molecule has 1 aliphatic heterocycles. The van der Waals surface area contributed by atoms with Crippen molar-refractivity contribution in [3.63, 3.8) is 0 Å². The quantitative estimate of drug-likeness (QED) is 0.666. The van der Waals surface area contributed by atoms with Crippen LogP contribution in [-0.4, -0.2) is 35.6 Å². The minimum atomic E-state index is -0.599. The maximum Gasteiger partial charge on any atom is 0.410 e. The summed E-state index contributed by atoms with van der Waals surface area (Å²) >= 11 is 5.77. The minimum Gasteiger partial charge on any atom is -0.444 e. The number of carbonyl (C=O) groups excluding carboxylic acids is 1. The molecule has 5 heteroatoms. The largest absolute Gasteiger partial charge is 0.444 e. The van der Waals surface area contributed by atoms with Crippen LogP contribution in [0.25, 0.3) is 0 Å². The Bertz CT molecular complexity index is 319. The summed E-state index contributed by atoms with van der Waals surface area (Å²) < 4.78 is 5.24. The van der Waals surface area contributed by atoms with E-state index < -0.39 is 11.0 Å². The third-order valence-corrected chi connectivity index (χ3v) is 3.01. The third-order valence-electron chi connectivity index (χ3n) is 2.50.